The number of likely N-dealkylation sites (N-methyl/N-ethyl adjacent to an activating group) is 1. The van der Waals surface area contributed by atoms with Crippen molar-refractivity contribution in [2.45, 2.75) is 26.2 Å². The zero-order valence-corrected chi connectivity index (χ0v) is 16.8. The number of hydrogen-bond donors (Lipinski definition) is 3. The first kappa shape index (κ1) is 20.9. The molecule has 144 valence electrons. The second-order valence-corrected chi connectivity index (χ2v) is 7.19. The summed E-state index contributed by atoms with van der Waals surface area (Å²) in [6.45, 7) is 4.64. The summed E-state index contributed by atoms with van der Waals surface area (Å²) in [4.78, 5) is 25.4. The van der Waals surface area contributed by atoms with Crippen LogP contribution in [0.2, 0.25) is 5.02 Å². The minimum absolute atomic E-state index is 0.117. The summed E-state index contributed by atoms with van der Waals surface area (Å²) in [5, 5.41) is 6.24. The molecule has 0 aliphatic rings. The number of amides is 2. The lowest BCUT2D eigenvalue weighted by atomic mass is 9.97. The van der Waals surface area contributed by atoms with E-state index in [-0.39, 0.29) is 24.9 Å². The van der Waals surface area contributed by atoms with E-state index < -0.39 is 0 Å². The molecule has 2 aromatic rings. The van der Waals surface area contributed by atoms with Crippen molar-refractivity contribution in [3.8, 4) is 0 Å². The molecule has 27 heavy (non-hydrogen) atoms. The van der Waals surface area contributed by atoms with Crippen LogP contribution in [0.25, 0.3) is 0 Å². The third-order valence-corrected chi connectivity index (χ3v) is 4.78. The molecule has 0 aliphatic heterocycles. The van der Waals surface area contributed by atoms with Crippen LogP contribution < -0.4 is 15.5 Å². The van der Waals surface area contributed by atoms with Gasteiger partial charge in [0.05, 0.1) is 17.8 Å². The predicted molar refractivity (Wildman–Crippen MR) is 110 cm³/mol. The SMILES string of the molecule is CC[C@@H](C)c1ccccc1NC(=O)C[NH+](C)CC(=O)Nc1ccccc1Cl. The fourth-order valence-electron chi connectivity index (χ4n) is 2.82. The van der Waals surface area contributed by atoms with Crippen LogP contribution in [0.15, 0.2) is 48.5 Å². The van der Waals surface area contributed by atoms with Crippen molar-refractivity contribution in [1.82, 2.24) is 0 Å². The van der Waals surface area contributed by atoms with E-state index in [4.69, 9.17) is 11.6 Å². The van der Waals surface area contributed by atoms with Crippen LogP contribution in [0, 0.1) is 0 Å². The van der Waals surface area contributed by atoms with Gasteiger partial charge in [-0.05, 0) is 36.1 Å². The van der Waals surface area contributed by atoms with E-state index in [9.17, 15) is 9.59 Å². The Kier molecular flexibility index (Phi) is 7.82. The number of anilines is 2. The van der Waals surface area contributed by atoms with Gasteiger partial charge in [0.2, 0.25) is 0 Å². The molecule has 0 saturated carbocycles. The van der Waals surface area contributed by atoms with Crippen LogP contribution in [-0.2, 0) is 9.59 Å². The van der Waals surface area contributed by atoms with Crippen molar-refractivity contribution >= 4 is 34.8 Å². The summed E-state index contributed by atoms with van der Waals surface area (Å²) in [6, 6.07) is 14.9. The lowest BCUT2D eigenvalue weighted by molar-refractivity contribution is -0.862. The van der Waals surface area contributed by atoms with Crippen molar-refractivity contribution < 1.29 is 14.5 Å². The van der Waals surface area contributed by atoms with Crippen LogP contribution in [0.3, 0.4) is 0 Å². The number of carbonyl (C=O) groups is 2. The predicted octanol–water partition coefficient (Wildman–Crippen LogP) is 2.95. The van der Waals surface area contributed by atoms with Crippen molar-refractivity contribution in [3.63, 3.8) is 0 Å². The fraction of sp³-hybridized carbons (Fsp3) is 0.333. The van der Waals surface area contributed by atoms with Gasteiger partial charge in [-0.15, -0.1) is 0 Å². The molecule has 5 nitrogen and oxygen atoms in total. The molecule has 0 aromatic heterocycles. The number of quaternary nitrogens is 1. The maximum atomic E-state index is 12.4. The molecule has 6 heteroatoms. The minimum atomic E-state index is -0.187. The molecule has 1 unspecified atom stereocenters. The van der Waals surface area contributed by atoms with Crippen LogP contribution >= 0.6 is 11.6 Å². The molecular formula is C21H27ClN3O2+. The highest BCUT2D eigenvalue weighted by atomic mass is 35.5. The molecule has 3 N–H and O–H groups in total. The summed E-state index contributed by atoms with van der Waals surface area (Å²) in [5.41, 5.74) is 2.54. The number of para-hydroxylation sites is 2. The Morgan fingerprint density at radius 2 is 1.48 bits per heavy atom. The molecule has 2 rings (SSSR count). The van der Waals surface area contributed by atoms with Gasteiger partial charge in [0.25, 0.3) is 11.8 Å². The summed E-state index contributed by atoms with van der Waals surface area (Å²) in [7, 11) is 1.81. The maximum Gasteiger partial charge on any atom is 0.279 e. The van der Waals surface area contributed by atoms with E-state index in [0.29, 0.717) is 16.6 Å². The highest BCUT2D eigenvalue weighted by Crippen LogP contribution is 2.26. The van der Waals surface area contributed by atoms with Gasteiger partial charge >= 0.3 is 0 Å². The Morgan fingerprint density at radius 1 is 0.963 bits per heavy atom. The van der Waals surface area contributed by atoms with Crippen molar-refractivity contribution in [3.05, 3.63) is 59.1 Å². The lowest BCUT2D eigenvalue weighted by Gasteiger charge is -2.17. The molecular weight excluding hydrogens is 362 g/mol. The molecule has 0 aliphatic carbocycles. The molecule has 2 amide bonds. The Labute approximate surface area is 165 Å². The molecule has 0 spiro atoms. The first-order chi connectivity index (χ1) is 12.9. The van der Waals surface area contributed by atoms with E-state index >= 15 is 0 Å². The normalized spacial score (nSPS) is 12.9. The second-order valence-electron chi connectivity index (χ2n) is 6.78. The second kappa shape index (κ2) is 10.1. The molecule has 0 fully saturated rings. The highest BCUT2D eigenvalue weighted by molar-refractivity contribution is 6.33. The van der Waals surface area contributed by atoms with Gasteiger partial charge in [-0.3, -0.25) is 9.59 Å². The van der Waals surface area contributed by atoms with Crippen LogP contribution in [0.5, 0.6) is 0 Å². The molecule has 0 bridgehead atoms. The van der Waals surface area contributed by atoms with Crippen molar-refractivity contribution in [1.29, 1.82) is 0 Å². The minimum Gasteiger partial charge on any atom is -0.322 e. The quantitative estimate of drug-likeness (QED) is 0.651. The lowest BCUT2D eigenvalue weighted by Crippen LogP contribution is -3.11. The van der Waals surface area contributed by atoms with Crippen LogP contribution in [-0.4, -0.2) is 32.0 Å². The van der Waals surface area contributed by atoms with Gasteiger partial charge in [-0.2, -0.15) is 0 Å². The zero-order chi connectivity index (χ0) is 19.8. The van der Waals surface area contributed by atoms with Gasteiger partial charge in [-0.1, -0.05) is 55.8 Å². The Morgan fingerprint density at radius 3 is 2.07 bits per heavy atom. The Balaban J connectivity index is 1.89. The maximum absolute atomic E-state index is 12.4. The fourth-order valence-corrected chi connectivity index (χ4v) is 3.01. The summed E-state index contributed by atoms with van der Waals surface area (Å²) in [6.07, 6.45) is 1.00. The average molecular weight is 389 g/mol. The topological polar surface area (TPSA) is 62.6 Å². The van der Waals surface area contributed by atoms with Gasteiger partial charge in [-0.25, -0.2) is 0 Å². The highest BCUT2D eigenvalue weighted by Gasteiger charge is 2.17. The smallest absolute Gasteiger partial charge is 0.279 e. The van der Waals surface area contributed by atoms with E-state index in [2.05, 4.69) is 24.5 Å². The summed E-state index contributed by atoms with van der Waals surface area (Å²) >= 11 is 6.05. The third-order valence-electron chi connectivity index (χ3n) is 4.45. The standard InChI is InChI=1S/C21H26ClN3O2/c1-4-15(2)16-9-5-7-11-18(16)23-20(26)13-25(3)14-21(27)24-19-12-8-6-10-17(19)22/h5-12,15H,4,13-14H2,1-3H3,(H,23,26)(H,24,27)/p+1/t15-/m1/s1. The number of hydrogen-bond acceptors (Lipinski definition) is 2. The van der Waals surface area contributed by atoms with Gasteiger partial charge in [0.1, 0.15) is 0 Å². The van der Waals surface area contributed by atoms with Crippen LogP contribution in [0.4, 0.5) is 11.4 Å². The number of rotatable bonds is 8. The molecule has 0 radical (unpaired) electrons. The van der Waals surface area contributed by atoms with Gasteiger partial charge in [0.15, 0.2) is 13.1 Å². The van der Waals surface area contributed by atoms with E-state index in [1.54, 1.807) is 24.3 Å². The zero-order valence-electron chi connectivity index (χ0n) is 16.0. The largest absolute Gasteiger partial charge is 0.322 e. The first-order valence-electron chi connectivity index (χ1n) is 9.15. The Hall–Kier alpha value is -2.37. The number of carbonyl (C=O) groups excluding carboxylic acids is 2. The summed E-state index contributed by atoms with van der Waals surface area (Å²) < 4.78 is 0. The molecule has 2 atom stereocenters. The summed E-state index contributed by atoms with van der Waals surface area (Å²) in [5.74, 6) is 0.0650. The van der Waals surface area contributed by atoms with Gasteiger partial charge < -0.3 is 15.5 Å². The van der Waals surface area contributed by atoms with Crippen LogP contribution in [0.1, 0.15) is 31.7 Å². The monoisotopic (exact) mass is 388 g/mol. The number of nitrogens with one attached hydrogen (secondary N) is 3. The Bertz CT molecular complexity index is 795. The molecule has 2 aromatic carbocycles. The van der Waals surface area contributed by atoms with Gasteiger partial charge in [0, 0.05) is 5.69 Å². The third kappa shape index (κ3) is 6.38. The van der Waals surface area contributed by atoms with E-state index in [0.717, 1.165) is 22.6 Å². The van der Waals surface area contributed by atoms with E-state index in [1.165, 1.54) is 0 Å². The molecule has 0 saturated heterocycles. The van der Waals surface area contributed by atoms with E-state index in [1.807, 2.05) is 31.3 Å². The first-order valence-corrected chi connectivity index (χ1v) is 9.53. The average Bonchev–Trinajstić information content (AvgIpc) is 2.63. The number of benzene rings is 2. The van der Waals surface area contributed by atoms with Crippen molar-refractivity contribution in [2.24, 2.45) is 0 Å². The molecule has 0 heterocycles. The number of halogens is 1. The van der Waals surface area contributed by atoms with Crippen molar-refractivity contribution in [2.75, 3.05) is 30.8 Å².